The summed E-state index contributed by atoms with van der Waals surface area (Å²) in [6.07, 6.45) is 1.85. The van der Waals surface area contributed by atoms with Gasteiger partial charge in [-0.3, -0.25) is 5.01 Å². The Morgan fingerprint density at radius 1 is 0.840 bits per heavy atom. The van der Waals surface area contributed by atoms with Crippen molar-refractivity contribution in [3.05, 3.63) is 90.0 Å². The highest BCUT2D eigenvalue weighted by atomic mass is 16.7. The molecule has 124 valence electrons. The van der Waals surface area contributed by atoms with Crippen LogP contribution in [0.1, 0.15) is 11.1 Å². The van der Waals surface area contributed by atoms with Gasteiger partial charge in [-0.25, -0.2) is 0 Å². The van der Waals surface area contributed by atoms with Crippen molar-refractivity contribution in [2.45, 2.75) is 6.54 Å². The van der Waals surface area contributed by atoms with Gasteiger partial charge < -0.3 is 9.47 Å². The van der Waals surface area contributed by atoms with E-state index in [1.165, 1.54) is 5.56 Å². The van der Waals surface area contributed by atoms with Crippen LogP contribution in [-0.4, -0.2) is 13.0 Å². The Hall–Kier alpha value is -3.27. The van der Waals surface area contributed by atoms with E-state index in [4.69, 9.17) is 14.6 Å². The van der Waals surface area contributed by atoms with Gasteiger partial charge in [0.2, 0.25) is 6.79 Å². The maximum atomic E-state index is 5.43. The van der Waals surface area contributed by atoms with Crippen molar-refractivity contribution in [1.82, 2.24) is 0 Å². The van der Waals surface area contributed by atoms with Crippen molar-refractivity contribution < 1.29 is 9.47 Å². The van der Waals surface area contributed by atoms with Crippen molar-refractivity contribution in [2.75, 3.05) is 11.8 Å². The van der Waals surface area contributed by atoms with Gasteiger partial charge in [0.25, 0.3) is 0 Å². The van der Waals surface area contributed by atoms with Crippen LogP contribution in [0.25, 0.3) is 0 Å². The normalized spacial score (nSPS) is 12.5. The van der Waals surface area contributed by atoms with Gasteiger partial charge in [-0.15, -0.1) is 0 Å². The van der Waals surface area contributed by atoms with Gasteiger partial charge in [0.15, 0.2) is 11.5 Å². The summed E-state index contributed by atoms with van der Waals surface area (Å²) < 4.78 is 10.8. The molecule has 1 heterocycles. The Kier molecular flexibility index (Phi) is 4.33. The van der Waals surface area contributed by atoms with E-state index in [2.05, 4.69) is 24.3 Å². The number of hydrazone groups is 1. The maximum Gasteiger partial charge on any atom is 0.231 e. The SMILES string of the molecule is C(=NN(Cc1ccccc1)c1ccccc1)c1ccc2c(c1)OCO2. The first-order chi connectivity index (χ1) is 12.4. The summed E-state index contributed by atoms with van der Waals surface area (Å²) in [7, 11) is 0. The highest BCUT2D eigenvalue weighted by Gasteiger charge is 2.12. The predicted molar refractivity (Wildman–Crippen MR) is 99.2 cm³/mol. The minimum atomic E-state index is 0.278. The first-order valence-electron chi connectivity index (χ1n) is 8.19. The average molecular weight is 330 g/mol. The van der Waals surface area contributed by atoms with Gasteiger partial charge >= 0.3 is 0 Å². The molecule has 0 unspecified atom stereocenters. The van der Waals surface area contributed by atoms with Gasteiger partial charge in [-0.2, -0.15) is 5.10 Å². The summed E-state index contributed by atoms with van der Waals surface area (Å²) in [5.41, 5.74) is 3.22. The molecule has 4 nitrogen and oxygen atoms in total. The molecule has 0 radical (unpaired) electrons. The number of anilines is 1. The Balaban J connectivity index is 1.59. The monoisotopic (exact) mass is 330 g/mol. The van der Waals surface area contributed by atoms with E-state index < -0.39 is 0 Å². The van der Waals surface area contributed by atoms with Crippen molar-refractivity contribution in [2.24, 2.45) is 5.10 Å². The first kappa shape index (κ1) is 15.3. The number of benzene rings is 3. The van der Waals surface area contributed by atoms with Gasteiger partial charge in [-0.1, -0.05) is 48.5 Å². The van der Waals surface area contributed by atoms with E-state index in [0.717, 1.165) is 22.7 Å². The lowest BCUT2D eigenvalue weighted by Crippen LogP contribution is -2.15. The van der Waals surface area contributed by atoms with Crippen molar-refractivity contribution in [3.63, 3.8) is 0 Å². The molecule has 0 fully saturated rings. The van der Waals surface area contributed by atoms with E-state index in [0.29, 0.717) is 6.54 Å². The fourth-order valence-electron chi connectivity index (χ4n) is 2.68. The number of fused-ring (bicyclic) bond motifs is 1. The molecule has 1 aliphatic rings. The van der Waals surface area contributed by atoms with Crippen LogP contribution in [0.2, 0.25) is 0 Å². The van der Waals surface area contributed by atoms with Crippen molar-refractivity contribution in [3.8, 4) is 11.5 Å². The molecular formula is C21H18N2O2. The van der Waals surface area contributed by atoms with Crippen LogP contribution in [0, 0.1) is 0 Å². The highest BCUT2D eigenvalue weighted by molar-refractivity contribution is 5.81. The second kappa shape index (κ2) is 7.09. The Bertz CT molecular complexity index is 864. The van der Waals surface area contributed by atoms with Crippen molar-refractivity contribution in [1.29, 1.82) is 0 Å². The van der Waals surface area contributed by atoms with Crippen LogP contribution in [0.15, 0.2) is 84.0 Å². The number of ether oxygens (including phenoxy) is 2. The molecule has 25 heavy (non-hydrogen) atoms. The standard InChI is InChI=1S/C21H18N2O2/c1-3-7-17(8-4-1)15-23(19-9-5-2-6-10-19)22-14-18-11-12-20-21(13-18)25-16-24-20/h1-14H,15-16H2. The van der Waals surface area contributed by atoms with Crippen molar-refractivity contribution >= 4 is 11.9 Å². The molecule has 3 aromatic carbocycles. The van der Waals surface area contributed by atoms with Crippen LogP contribution in [-0.2, 0) is 6.54 Å². The lowest BCUT2D eigenvalue weighted by Gasteiger charge is -2.19. The second-order valence-corrected chi connectivity index (χ2v) is 5.74. The Morgan fingerprint density at radius 3 is 2.36 bits per heavy atom. The van der Waals surface area contributed by atoms with Crippen LogP contribution < -0.4 is 14.5 Å². The summed E-state index contributed by atoms with van der Waals surface area (Å²) in [4.78, 5) is 0. The molecule has 0 spiro atoms. The van der Waals surface area contributed by atoms with Crippen LogP contribution in [0.3, 0.4) is 0 Å². The Morgan fingerprint density at radius 2 is 1.56 bits per heavy atom. The second-order valence-electron chi connectivity index (χ2n) is 5.74. The van der Waals surface area contributed by atoms with E-state index in [1.807, 2.05) is 65.8 Å². The van der Waals surface area contributed by atoms with E-state index in [9.17, 15) is 0 Å². The zero-order chi connectivity index (χ0) is 16.9. The predicted octanol–water partition coefficient (Wildman–Crippen LogP) is 4.46. The molecule has 1 aliphatic heterocycles. The fraction of sp³-hybridized carbons (Fsp3) is 0.0952. The molecule has 0 bridgehead atoms. The number of para-hydroxylation sites is 1. The third kappa shape index (κ3) is 3.63. The third-order valence-corrected chi connectivity index (χ3v) is 3.97. The summed E-state index contributed by atoms with van der Waals surface area (Å²) in [6.45, 7) is 0.978. The molecule has 0 N–H and O–H groups in total. The topological polar surface area (TPSA) is 34.1 Å². The van der Waals surface area contributed by atoms with E-state index >= 15 is 0 Å². The molecule has 0 amide bonds. The zero-order valence-corrected chi connectivity index (χ0v) is 13.7. The fourth-order valence-corrected chi connectivity index (χ4v) is 2.68. The molecule has 0 aliphatic carbocycles. The largest absolute Gasteiger partial charge is 0.454 e. The minimum absolute atomic E-state index is 0.278. The molecule has 0 aromatic heterocycles. The summed E-state index contributed by atoms with van der Waals surface area (Å²) >= 11 is 0. The van der Waals surface area contributed by atoms with Gasteiger partial charge in [0, 0.05) is 0 Å². The molecule has 0 saturated carbocycles. The summed E-state index contributed by atoms with van der Waals surface area (Å²) in [5, 5.41) is 6.68. The Labute approximate surface area is 146 Å². The summed E-state index contributed by atoms with van der Waals surface area (Å²) in [5.74, 6) is 1.54. The zero-order valence-electron chi connectivity index (χ0n) is 13.7. The van der Waals surface area contributed by atoms with Crippen LogP contribution >= 0.6 is 0 Å². The van der Waals surface area contributed by atoms with E-state index in [-0.39, 0.29) is 6.79 Å². The minimum Gasteiger partial charge on any atom is -0.454 e. The number of rotatable bonds is 5. The first-order valence-corrected chi connectivity index (χ1v) is 8.19. The van der Waals surface area contributed by atoms with Crippen LogP contribution in [0.4, 0.5) is 5.69 Å². The quantitative estimate of drug-likeness (QED) is 0.512. The van der Waals surface area contributed by atoms with Gasteiger partial charge in [-0.05, 0) is 41.5 Å². The number of hydrogen-bond acceptors (Lipinski definition) is 4. The number of hydrogen-bond donors (Lipinski definition) is 0. The average Bonchev–Trinajstić information content (AvgIpc) is 3.14. The van der Waals surface area contributed by atoms with E-state index in [1.54, 1.807) is 0 Å². The molecule has 0 atom stereocenters. The van der Waals surface area contributed by atoms with Crippen LogP contribution in [0.5, 0.6) is 11.5 Å². The maximum absolute atomic E-state index is 5.43. The molecular weight excluding hydrogens is 312 g/mol. The highest BCUT2D eigenvalue weighted by Crippen LogP contribution is 2.32. The molecule has 3 aromatic rings. The third-order valence-electron chi connectivity index (χ3n) is 3.97. The van der Waals surface area contributed by atoms with Gasteiger partial charge in [0.1, 0.15) is 0 Å². The lowest BCUT2D eigenvalue weighted by atomic mass is 10.2. The lowest BCUT2D eigenvalue weighted by molar-refractivity contribution is 0.174. The molecule has 4 heteroatoms. The summed E-state index contributed by atoms with van der Waals surface area (Å²) in [6, 6.07) is 26.3. The molecule has 0 saturated heterocycles. The van der Waals surface area contributed by atoms with Gasteiger partial charge in [0.05, 0.1) is 18.4 Å². The number of nitrogens with zero attached hydrogens (tertiary/aromatic N) is 2. The smallest absolute Gasteiger partial charge is 0.231 e. The molecule has 4 rings (SSSR count).